The molecule has 0 aliphatic carbocycles. The maximum Gasteiger partial charge on any atom is 0.255 e. The first kappa shape index (κ1) is 23.7. The van der Waals surface area contributed by atoms with Crippen molar-refractivity contribution in [3.63, 3.8) is 0 Å². The van der Waals surface area contributed by atoms with Crippen LogP contribution >= 0.6 is 0 Å². The lowest BCUT2D eigenvalue weighted by Gasteiger charge is -2.28. The summed E-state index contributed by atoms with van der Waals surface area (Å²) in [5.41, 5.74) is 5.63. The van der Waals surface area contributed by atoms with Gasteiger partial charge in [-0.3, -0.25) is 9.59 Å². The van der Waals surface area contributed by atoms with E-state index in [0.29, 0.717) is 25.2 Å². The third-order valence-electron chi connectivity index (χ3n) is 7.12. The first-order valence-electron chi connectivity index (χ1n) is 12.5. The molecule has 36 heavy (non-hydrogen) atoms. The average Bonchev–Trinajstić information content (AvgIpc) is 3.43. The fourth-order valence-electron chi connectivity index (χ4n) is 5.32. The number of fused-ring (bicyclic) bond motifs is 2. The Morgan fingerprint density at radius 1 is 1.00 bits per heavy atom. The van der Waals surface area contributed by atoms with E-state index in [9.17, 15) is 9.59 Å². The van der Waals surface area contributed by atoms with Crippen molar-refractivity contribution >= 4 is 22.7 Å². The molecular formula is C30H31N3O3. The van der Waals surface area contributed by atoms with Crippen LogP contribution in [-0.2, 0) is 4.79 Å². The summed E-state index contributed by atoms with van der Waals surface area (Å²) >= 11 is 0. The Labute approximate surface area is 211 Å². The number of amides is 2. The number of hydrogen-bond acceptors (Lipinski definition) is 3. The molecule has 1 unspecified atom stereocenters. The lowest BCUT2D eigenvalue weighted by Crippen LogP contribution is -2.36. The van der Waals surface area contributed by atoms with E-state index in [1.807, 2.05) is 84.3 Å². The van der Waals surface area contributed by atoms with Crippen LogP contribution in [0.2, 0.25) is 0 Å². The molecular weight excluding hydrogens is 450 g/mol. The molecule has 0 fully saturated rings. The first-order chi connectivity index (χ1) is 17.6. The highest BCUT2D eigenvalue weighted by Gasteiger charge is 2.40. The Morgan fingerprint density at radius 3 is 2.53 bits per heavy atom. The topological polar surface area (TPSA) is 65.6 Å². The fraction of sp³-hybridized carbons (Fsp3) is 0.267. The average molecular weight is 482 g/mol. The van der Waals surface area contributed by atoms with Crippen molar-refractivity contribution in [1.29, 1.82) is 0 Å². The molecule has 3 aromatic carbocycles. The summed E-state index contributed by atoms with van der Waals surface area (Å²) in [4.78, 5) is 33.8. The summed E-state index contributed by atoms with van der Waals surface area (Å²) in [6, 6.07) is 23.6. The minimum Gasteiger partial charge on any atom is -0.497 e. The van der Waals surface area contributed by atoms with Gasteiger partial charge in [0, 0.05) is 53.6 Å². The molecule has 184 valence electrons. The van der Waals surface area contributed by atoms with Crippen LogP contribution in [0.1, 0.15) is 47.8 Å². The number of nitrogens with zero attached hydrogens (tertiary/aromatic N) is 2. The standard InChI is InChI=1S/C30H31N3O3/c1-4-32(5-2)26(34)17-18-33-29(22-13-6-7-14-23(22)30(33)35)27-24-15-8-9-16-25(24)31-28(27)20-11-10-12-21(19-20)36-3/h6-16,19,29,31H,4-5,17-18H2,1-3H3. The Balaban J connectivity index is 1.66. The number of H-pyrrole nitrogens is 1. The maximum absolute atomic E-state index is 13.7. The third-order valence-corrected chi connectivity index (χ3v) is 7.12. The van der Waals surface area contributed by atoms with Gasteiger partial charge in [0.15, 0.2) is 0 Å². The zero-order valence-corrected chi connectivity index (χ0v) is 21.0. The first-order valence-corrected chi connectivity index (χ1v) is 12.5. The van der Waals surface area contributed by atoms with Crippen LogP contribution in [-0.4, -0.2) is 53.3 Å². The molecule has 1 aliphatic heterocycles. The number of para-hydroxylation sites is 1. The van der Waals surface area contributed by atoms with Crippen molar-refractivity contribution in [2.45, 2.75) is 26.3 Å². The van der Waals surface area contributed by atoms with Crippen molar-refractivity contribution in [3.05, 3.63) is 89.5 Å². The third kappa shape index (κ3) is 4.02. The van der Waals surface area contributed by atoms with Crippen LogP contribution in [0.25, 0.3) is 22.2 Å². The molecule has 1 aromatic heterocycles. The predicted octanol–water partition coefficient (Wildman–Crippen LogP) is 5.65. The largest absolute Gasteiger partial charge is 0.497 e. The fourth-order valence-corrected chi connectivity index (χ4v) is 5.32. The highest BCUT2D eigenvalue weighted by atomic mass is 16.5. The number of hydrogen-bond donors (Lipinski definition) is 1. The molecule has 2 heterocycles. The quantitative estimate of drug-likeness (QED) is 0.354. The smallest absolute Gasteiger partial charge is 0.255 e. The minimum absolute atomic E-state index is 0.0372. The van der Waals surface area contributed by atoms with E-state index in [1.54, 1.807) is 7.11 Å². The van der Waals surface area contributed by atoms with E-state index in [0.717, 1.165) is 39.0 Å². The maximum atomic E-state index is 13.7. The summed E-state index contributed by atoms with van der Waals surface area (Å²) in [7, 11) is 1.66. The number of ether oxygens (including phenoxy) is 1. The van der Waals surface area contributed by atoms with Crippen molar-refractivity contribution in [3.8, 4) is 17.0 Å². The van der Waals surface area contributed by atoms with Gasteiger partial charge in [0.2, 0.25) is 5.91 Å². The van der Waals surface area contributed by atoms with Crippen LogP contribution in [0.5, 0.6) is 5.75 Å². The molecule has 0 radical (unpaired) electrons. The van der Waals surface area contributed by atoms with Gasteiger partial charge in [-0.1, -0.05) is 48.5 Å². The lowest BCUT2D eigenvalue weighted by molar-refractivity contribution is -0.131. The van der Waals surface area contributed by atoms with Gasteiger partial charge < -0.3 is 19.5 Å². The van der Waals surface area contributed by atoms with Gasteiger partial charge in [-0.05, 0) is 43.7 Å². The second-order valence-corrected chi connectivity index (χ2v) is 9.00. The molecule has 0 saturated heterocycles. The number of nitrogens with one attached hydrogen (secondary N) is 1. The van der Waals surface area contributed by atoms with Gasteiger partial charge in [-0.15, -0.1) is 0 Å². The monoisotopic (exact) mass is 481 g/mol. The summed E-state index contributed by atoms with van der Waals surface area (Å²) < 4.78 is 5.50. The zero-order valence-electron chi connectivity index (χ0n) is 21.0. The molecule has 0 spiro atoms. The summed E-state index contributed by atoms with van der Waals surface area (Å²) in [6.45, 7) is 5.64. The van der Waals surface area contributed by atoms with Crippen molar-refractivity contribution < 1.29 is 14.3 Å². The summed E-state index contributed by atoms with van der Waals surface area (Å²) in [5, 5.41) is 1.06. The van der Waals surface area contributed by atoms with E-state index in [2.05, 4.69) is 17.1 Å². The second-order valence-electron chi connectivity index (χ2n) is 9.00. The van der Waals surface area contributed by atoms with Crippen LogP contribution in [0.3, 0.4) is 0 Å². The van der Waals surface area contributed by atoms with Crippen LogP contribution in [0.4, 0.5) is 0 Å². The van der Waals surface area contributed by atoms with E-state index >= 15 is 0 Å². The highest BCUT2D eigenvalue weighted by molar-refractivity contribution is 6.02. The molecule has 5 rings (SSSR count). The summed E-state index contributed by atoms with van der Waals surface area (Å²) in [6.07, 6.45) is 0.286. The number of aromatic amines is 1. The minimum atomic E-state index is -0.310. The van der Waals surface area contributed by atoms with Crippen molar-refractivity contribution in [2.24, 2.45) is 0 Å². The lowest BCUT2D eigenvalue weighted by atomic mass is 9.93. The Bertz CT molecular complexity index is 1420. The van der Waals surface area contributed by atoms with Gasteiger partial charge in [0.1, 0.15) is 5.75 Å². The molecule has 0 saturated carbocycles. The van der Waals surface area contributed by atoms with Gasteiger partial charge >= 0.3 is 0 Å². The Kier molecular flexibility index (Phi) is 6.51. The van der Waals surface area contributed by atoms with E-state index < -0.39 is 0 Å². The Morgan fingerprint density at radius 2 is 1.75 bits per heavy atom. The molecule has 2 amide bonds. The van der Waals surface area contributed by atoms with Gasteiger partial charge in [0.05, 0.1) is 18.8 Å². The SMILES string of the molecule is CCN(CC)C(=O)CCN1C(=O)c2ccccc2C1c1c(-c2cccc(OC)c2)[nH]c2ccccc12. The van der Waals surface area contributed by atoms with E-state index in [1.165, 1.54) is 0 Å². The number of carbonyl (C=O) groups excluding carboxylic acids is 2. The van der Waals surface area contributed by atoms with Crippen LogP contribution in [0, 0.1) is 0 Å². The van der Waals surface area contributed by atoms with E-state index in [-0.39, 0.29) is 24.3 Å². The molecule has 6 heteroatoms. The molecule has 0 bridgehead atoms. The normalized spacial score (nSPS) is 14.8. The molecule has 1 N–H and O–H groups in total. The van der Waals surface area contributed by atoms with Gasteiger partial charge in [-0.25, -0.2) is 0 Å². The Hall–Kier alpha value is -4.06. The van der Waals surface area contributed by atoms with Gasteiger partial charge in [0.25, 0.3) is 5.91 Å². The zero-order chi connectivity index (χ0) is 25.2. The molecule has 6 nitrogen and oxygen atoms in total. The number of rotatable bonds is 8. The number of methoxy groups -OCH3 is 1. The molecule has 1 aliphatic rings. The van der Waals surface area contributed by atoms with Crippen LogP contribution in [0.15, 0.2) is 72.8 Å². The second kappa shape index (κ2) is 9.90. The highest BCUT2D eigenvalue weighted by Crippen LogP contribution is 2.45. The number of benzene rings is 3. The van der Waals surface area contributed by atoms with Crippen molar-refractivity contribution in [2.75, 3.05) is 26.7 Å². The molecule has 4 aromatic rings. The predicted molar refractivity (Wildman–Crippen MR) is 142 cm³/mol. The van der Waals surface area contributed by atoms with Crippen molar-refractivity contribution in [1.82, 2.24) is 14.8 Å². The van der Waals surface area contributed by atoms with Gasteiger partial charge in [-0.2, -0.15) is 0 Å². The summed E-state index contributed by atoms with van der Waals surface area (Å²) in [5.74, 6) is 0.793. The van der Waals surface area contributed by atoms with E-state index in [4.69, 9.17) is 4.74 Å². The molecule has 1 atom stereocenters. The number of carbonyl (C=O) groups is 2. The van der Waals surface area contributed by atoms with Crippen LogP contribution < -0.4 is 4.74 Å². The number of aromatic nitrogens is 1.